The van der Waals surface area contributed by atoms with Crippen LogP contribution in [-0.4, -0.2) is 41.3 Å². The largest absolute Gasteiger partial charge is 0.482 e. The monoisotopic (exact) mass is 381 g/mol. The number of nitrogens with zero attached hydrogens (tertiary/aromatic N) is 3. The highest BCUT2D eigenvalue weighted by atomic mass is 16.6. The molecule has 2 aliphatic rings. The number of hydrogen-bond acceptors (Lipinski definition) is 5. The van der Waals surface area contributed by atoms with E-state index in [2.05, 4.69) is 0 Å². The number of hydrogen-bond donors (Lipinski definition) is 0. The number of nitro benzene ring substituents is 1. The predicted molar refractivity (Wildman–Crippen MR) is 101 cm³/mol. The molecule has 0 spiro atoms. The summed E-state index contributed by atoms with van der Waals surface area (Å²) in [4.78, 5) is 39.1. The molecule has 0 bridgehead atoms. The van der Waals surface area contributed by atoms with Gasteiger partial charge in [0.25, 0.3) is 11.6 Å². The van der Waals surface area contributed by atoms with Crippen molar-refractivity contribution in [3.05, 3.63) is 64.2 Å². The lowest BCUT2D eigenvalue weighted by molar-refractivity contribution is -0.384. The van der Waals surface area contributed by atoms with Gasteiger partial charge in [-0.15, -0.1) is 0 Å². The number of amides is 2. The van der Waals surface area contributed by atoms with Gasteiger partial charge in [-0.2, -0.15) is 0 Å². The molecule has 1 unspecified atom stereocenters. The van der Waals surface area contributed by atoms with Crippen molar-refractivity contribution in [2.45, 2.75) is 18.9 Å². The number of carbonyl (C=O) groups excluding carboxylic acids is 2. The van der Waals surface area contributed by atoms with Crippen molar-refractivity contribution in [1.29, 1.82) is 0 Å². The van der Waals surface area contributed by atoms with Crippen molar-refractivity contribution >= 4 is 23.2 Å². The Morgan fingerprint density at radius 1 is 1.21 bits per heavy atom. The van der Waals surface area contributed by atoms with E-state index in [4.69, 9.17) is 4.74 Å². The Hall–Kier alpha value is -3.42. The molecule has 0 radical (unpaired) electrons. The average Bonchev–Trinajstić information content (AvgIpc) is 3.20. The molecule has 0 aliphatic carbocycles. The summed E-state index contributed by atoms with van der Waals surface area (Å²) in [7, 11) is 0. The molecule has 28 heavy (non-hydrogen) atoms. The van der Waals surface area contributed by atoms with Gasteiger partial charge in [-0.25, -0.2) is 0 Å². The first-order valence-electron chi connectivity index (χ1n) is 9.10. The summed E-state index contributed by atoms with van der Waals surface area (Å²) in [6.07, 6.45) is 1.76. The number of benzene rings is 2. The maximum Gasteiger partial charge on any atom is 0.271 e. The SMILES string of the molecule is O=C1COc2ccc([N+](=O)[O-])cc2N1CC(=O)N1CCCC1c1ccccc1. The third kappa shape index (κ3) is 3.28. The Morgan fingerprint density at radius 3 is 2.75 bits per heavy atom. The fourth-order valence-electron chi connectivity index (χ4n) is 3.79. The quantitative estimate of drug-likeness (QED) is 0.600. The molecule has 0 saturated carbocycles. The molecule has 144 valence electrons. The molecule has 2 aliphatic heterocycles. The number of likely N-dealkylation sites (tertiary alicyclic amines) is 1. The average molecular weight is 381 g/mol. The number of rotatable bonds is 4. The lowest BCUT2D eigenvalue weighted by Crippen LogP contribution is -2.46. The van der Waals surface area contributed by atoms with E-state index in [1.807, 2.05) is 30.3 Å². The maximum absolute atomic E-state index is 13.0. The Balaban J connectivity index is 1.58. The molecule has 2 amide bonds. The minimum atomic E-state index is -0.536. The third-order valence-corrected chi connectivity index (χ3v) is 5.15. The lowest BCUT2D eigenvalue weighted by atomic mass is 10.0. The molecule has 1 fully saturated rings. The highest BCUT2D eigenvalue weighted by Crippen LogP contribution is 2.36. The van der Waals surface area contributed by atoms with Gasteiger partial charge in [0.05, 0.1) is 16.7 Å². The van der Waals surface area contributed by atoms with Crippen LogP contribution in [0.5, 0.6) is 5.75 Å². The van der Waals surface area contributed by atoms with Crippen LogP contribution in [0, 0.1) is 10.1 Å². The highest BCUT2D eigenvalue weighted by molar-refractivity contribution is 6.02. The number of nitro groups is 1. The van der Waals surface area contributed by atoms with Crippen LogP contribution < -0.4 is 9.64 Å². The van der Waals surface area contributed by atoms with E-state index in [1.54, 1.807) is 4.90 Å². The van der Waals surface area contributed by atoms with Crippen molar-refractivity contribution in [2.75, 3.05) is 24.6 Å². The van der Waals surface area contributed by atoms with Crippen LogP contribution in [-0.2, 0) is 9.59 Å². The van der Waals surface area contributed by atoms with Crippen LogP contribution in [0.4, 0.5) is 11.4 Å². The van der Waals surface area contributed by atoms with Crippen LogP contribution in [0.15, 0.2) is 48.5 Å². The van der Waals surface area contributed by atoms with E-state index in [0.717, 1.165) is 18.4 Å². The third-order valence-electron chi connectivity index (χ3n) is 5.15. The number of anilines is 1. The minimum absolute atomic E-state index is 0.0191. The van der Waals surface area contributed by atoms with E-state index >= 15 is 0 Å². The van der Waals surface area contributed by atoms with E-state index in [9.17, 15) is 19.7 Å². The van der Waals surface area contributed by atoms with Crippen molar-refractivity contribution in [1.82, 2.24) is 4.90 Å². The van der Waals surface area contributed by atoms with Gasteiger partial charge < -0.3 is 9.64 Å². The van der Waals surface area contributed by atoms with Gasteiger partial charge in [-0.05, 0) is 24.5 Å². The number of carbonyl (C=O) groups is 2. The van der Waals surface area contributed by atoms with Crippen LogP contribution in [0.3, 0.4) is 0 Å². The van der Waals surface area contributed by atoms with Gasteiger partial charge in [-0.3, -0.25) is 24.6 Å². The minimum Gasteiger partial charge on any atom is -0.482 e. The van der Waals surface area contributed by atoms with Crippen LogP contribution in [0.25, 0.3) is 0 Å². The van der Waals surface area contributed by atoms with Crippen molar-refractivity contribution in [2.24, 2.45) is 0 Å². The van der Waals surface area contributed by atoms with E-state index < -0.39 is 10.8 Å². The molecule has 1 atom stereocenters. The molecule has 4 rings (SSSR count). The number of non-ortho nitro benzene ring substituents is 1. The van der Waals surface area contributed by atoms with Crippen LogP contribution in [0.1, 0.15) is 24.4 Å². The summed E-state index contributed by atoms with van der Waals surface area (Å²) >= 11 is 0. The Kier molecular flexibility index (Phi) is 4.68. The molecule has 1 saturated heterocycles. The number of ether oxygens (including phenoxy) is 1. The zero-order chi connectivity index (χ0) is 19.7. The summed E-state index contributed by atoms with van der Waals surface area (Å²) in [6, 6.07) is 13.8. The Morgan fingerprint density at radius 2 is 2.00 bits per heavy atom. The van der Waals surface area contributed by atoms with E-state index in [0.29, 0.717) is 12.3 Å². The lowest BCUT2D eigenvalue weighted by Gasteiger charge is -2.32. The van der Waals surface area contributed by atoms with Crippen LogP contribution >= 0.6 is 0 Å². The second-order valence-corrected chi connectivity index (χ2v) is 6.83. The smallest absolute Gasteiger partial charge is 0.271 e. The maximum atomic E-state index is 13.0. The molecule has 0 N–H and O–H groups in total. The summed E-state index contributed by atoms with van der Waals surface area (Å²) in [6.45, 7) is 0.263. The van der Waals surface area contributed by atoms with Gasteiger partial charge >= 0.3 is 0 Å². The molecule has 8 heteroatoms. The summed E-state index contributed by atoms with van der Waals surface area (Å²) < 4.78 is 5.36. The topological polar surface area (TPSA) is 93.0 Å². The summed E-state index contributed by atoms with van der Waals surface area (Å²) in [5, 5.41) is 11.1. The fraction of sp³-hybridized carbons (Fsp3) is 0.300. The van der Waals surface area contributed by atoms with Gasteiger partial charge in [-0.1, -0.05) is 30.3 Å². The molecule has 8 nitrogen and oxygen atoms in total. The zero-order valence-electron chi connectivity index (χ0n) is 15.1. The second kappa shape index (κ2) is 7.30. The molecule has 2 aromatic rings. The zero-order valence-corrected chi connectivity index (χ0v) is 15.1. The summed E-state index contributed by atoms with van der Waals surface area (Å²) in [5.41, 5.74) is 1.17. The molecule has 2 aromatic carbocycles. The van der Waals surface area contributed by atoms with Crippen molar-refractivity contribution in [3.8, 4) is 5.75 Å². The Bertz CT molecular complexity index is 931. The first-order chi connectivity index (χ1) is 13.5. The molecule has 0 aromatic heterocycles. The Labute approximate surface area is 161 Å². The van der Waals surface area contributed by atoms with Crippen molar-refractivity contribution in [3.63, 3.8) is 0 Å². The fourth-order valence-corrected chi connectivity index (χ4v) is 3.79. The van der Waals surface area contributed by atoms with E-state index in [1.165, 1.54) is 23.1 Å². The molecular formula is C20H19N3O5. The number of fused-ring (bicyclic) bond motifs is 1. The first kappa shape index (κ1) is 18.0. The van der Waals surface area contributed by atoms with Crippen molar-refractivity contribution < 1.29 is 19.2 Å². The van der Waals surface area contributed by atoms with E-state index in [-0.39, 0.29) is 36.5 Å². The first-order valence-corrected chi connectivity index (χ1v) is 9.10. The standard InChI is InChI=1S/C20H19N3O5/c24-19(21-10-4-7-16(21)14-5-2-1-3-6-14)12-22-17-11-15(23(26)27)8-9-18(17)28-13-20(22)25/h1-3,5-6,8-9,11,16H,4,7,10,12-13H2. The molecule has 2 heterocycles. The summed E-state index contributed by atoms with van der Waals surface area (Å²) in [5.74, 6) is -0.213. The van der Waals surface area contributed by atoms with Crippen LogP contribution in [0.2, 0.25) is 0 Å². The van der Waals surface area contributed by atoms with Gasteiger partial charge in [0.15, 0.2) is 6.61 Å². The van der Waals surface area contributed by atoms with Gasteiger partial charge in [0.2, 0.25) is 5.91 Å². The highest BCUT2D eigenvalue weighted by Gasteiger charge is 2.34. The normalized spacial score (nSPS) is 18.6. The predicted octanol–water partition coefficient (Wildman–Crippen LogP) is 2.68. The van der Waals surface area contributed by atoms with Gasteiger partial charge in [0.1, 0.15) is 12.3 Å². The second-order valence-electron chi connectivity index (χ2n) is 6.83. The molecular weight excluding hydrogens is 362 g/mol. The van der Waals surface area contributed by atoms with Gasteiger partial charge in [0, 0.05) is 18.7 Å².